The number of guanidine groups is 1. The van der Waals surface area contributed by atoms with Gasteiger partial charge >= 0.3 is 0 Å². The summed E-state index contributed by atoms with van der Waals surface area (Å²) in [5.74, 6) is 2.29. The molecule has 166 valence electrons. The van der Waals surface area contributed by atoms with Gasteiger partial charge in [0, 0.05) is 19.6 Å². The fourth-order valence-corrected chi connectivity index (χ4v) is 4.42. The van der Waals surface area contributed by atoms with E-state index in [4.69, 9.17) is 14.5 Å². The van der Waals surface area contributed by atoms with Gasteiger partial charge in [-0.2, -0.15) is 0 Å². The zero-order valence-electron chi connectivity index (χ0n) is 18.0. The molecule has 0 bridgehead atoms. The van der Waals surface area contributed by atoms with Crippen LogP contribution in [0.5, 0.6) is 11.5 Å². The molecule has 1 aliphatic rings. The van der Waals surface area contributed by atoms with Crippen LogP contribution in [0.3, 0.4) is 0 Å². The van der Waals surface area contributed by atoms with Crippen molar-refractivity contribution in [2.75, 3.05) is 39.1 Å². The molecular weight excluding hydrogens is 505 g/mol. The Morgan fingerprint density at radius 1 is 1.28 bits per heavy atom. The summed E-state index contributed by atoms with van der Waals surface area (Å²) >= 11 is 0. The molecule has 1 aromatic rings. The van der Waals surface area contributed by atoms with Crippen LogP contribution in [0.2, 0.25) is 0 Å². The molecule has 0 radical (unpaired) electrons. The Kier molecular flexibility index (Phi) is 10.0. The minimum Gasteiger partial charge on any atom is -0.493 e. The Balaban J connectivity index is 0.00000420. The second-order valence-corrected chi connectivity index (χ2v) is 10.2. The molecule has 7 nitrogen and oxygen atoms in total. The van der Waals surface area contributed by atoms with Gasteiger partial charge in [0.05, 0.1) is 30.8 Å². The van der Waals surface area contributed by atoms with E-state index in [1.165, 1.54) is 0 Å². The van der Waals surface area contributed by atoms with Gasteiger partial charge in [0.2, 0.25) is 0 Å². The van der Waals surface area contributed by atoms with Gasteiger partial charge in [-0.1, -0.05) is 13.0 Å². The summed E-state index contributed by atoms with van der Waals surface area (Å²) in [5.41, 5.74) is 1.000. The van der Waals surface area contributed by atoms with Crippen molar-refractivity contribution in [3.63, 3.8) is 0 Å². The van der Waals surface area contributed by atoms with E-state index >= 15 is 0 Å². The van der Waals surface area contributed by atoms with Crippen molar-refractivity contribution in [3.05, 3.63) is 23.8 Å². The van der Waals surface area contributed by atoms with Gasteiger partial charge in [0.25, 0.3) is 0 Å². The third-order valence-corrected chi connectivity index (χ3v) is 7.31. The Bertz CT molecular complexity index is 797. The Morgan fingerprint density at radius 2 is 2.00 bits per heavy atom. The number of hydrogen-bond acceptors (Lipinski definition) is 5. The van der Waals surface area contributed by atoms with Crippen LogP contribution < -0.4 is 14.8 Å². The van der Waals surface area contributed by atoms with Crippen LogP contribution in [0.4, 0.5) is 0 Å². The fourth-order valence-electron chi connectivity index (χ4n) is 3.06. The maximum Gasteiger partial charge on any atom is 0.194 e. The van der Waals surface area contributed by atoms with Crippen LogP contribution in [0.1, 0.15) is 39.7 Å². The molecule has 29 heavy (non-hydrogen) atoms. The molecule has 1 heterocycles. The van der Waals surface area contributed by atoms with E-state index < -0.39 is 14.6 Å². The van der Waals surface area contributed by atoms with Crippen LogP contribution in [0, 0.1) is 0 Å². The minimum atomic E-state index is -3.09. The summed E-state index contributed by atoms with van der Waals surface area (Å²) in [6.07, 6.45) is 0.934. The van der Waals surface area contributed by atoms with Gasteiger partial charge in [-0.3, -0.25) is 0 Å². The quantitative estimate of drug-likeness (QED) is 0.326. The van der Waals surface area contributed by atoms with Crippen molar-refractivity contribution >= 4 is 39.8 Å². The lowest BCUT2D eigenvalue weighted by Crippen LogP contribution is -2.57. The molecule has 0 atom stereocenters. The molecule has 0 aliphatic carbocycles. The largest absolute Gasteiger partial charge is 0.493 e. The van der Waals surface area contributed by atoms with E-state index in [-0.39, 0.29) is 29.7 Å². The average Bonchev–Trinajstić information content (AvgIpc) is 2.66. The Labute approximate surface area is 192 Å². The van der Waals surface area contributed by atoms with Crippen molar-refractivity contribution in [2.45, 2.75) is 45.4 Å². The molecule has 1 aromatic carbocycles. The molecular formula is C20H34IN3O4S. The topological polar surface area (TPSA) is 80.2 Å². The number of methoxy groups -OCH3 is 1. The molecule has 0 unspecified atom stereocenters. The second kappa shape index (κ2) is 11.2. The molecule has 1 N–H and O–H groups in total. The first-order valence-corrected chi connectivity index (χ1v) is 11.4. The lowest BCUT2D eigenvalue weighted by molar-refractivity contribution is 0.294. The van der Waals surface area contributed by atoms with Crippen LogP contribution in [0.25, 0.3) is 0 Å². The fraction of sp³-hybridized carbons (Fsp3) is 0.650. The number of rotatable bonds is 7. The second-order valence-electron chi connectivity index (χ2n) is 7.50. The molecule has 1 saturated heterocycles. The SMILES string of the molecule is CCCOc1ccc(CN=C(NCC)N2CCS(=O)(=O)C(C)(C)C2)cc1OC.I. The van der Waals surface area contributed by atoms with Gasteiger partial charge in [-0.15, -0.1) is 24.0 Å². The van der Waals surface area contributed by atoms with Gasteiger partial charge in [-0.25, -0.2) is 13.4 Å². The summed E-state index contributed by atoms with van der Waals surface area (Å²) in [6.45, 7) is 10.3. The number of nitrogens with zero attached hydrogens (tertiary/aromatic N) is 2. The highest BCUT2D eigenvalue weighted by atomic mass is 127. The predicted molar refractivity (Wildman–Crippen MR) is 128 cm³/mol. The first-order valence-electron chi connectivity index (χ1n) is 9.79. The van der Waals surface area contributed by atoms with Crippen LogP contribution in [-0.2, 0) is 16.4 Å². The maximum atomic E-state index is 12.3. The number of ether oxygens (including phenoxy) is 2. The van der Waals surface area contributed by atoms with E-state index in [2.05, 4.69) is 12.2 Å². The van der Waals surface area contributed by atoms with Crippen molar-refractivity contribution in [1.82, 2.24) is 10.2 Å². The predicted octanol–water partition coefficient (Wildman–Crippen LogP) is 3.08. The summed E-state index contributed by atoms with van der Waals surface area (Å²) < 4.78 is 34.9. The number of halogens is 1. The molecule has 0 amide bonds. The first-order chi connectivity index (χ1) is 13.2. The van der Waals surface area contributed by atoms with Crippen LogP contribution >= 0.6 is 24.0 Å². The lowest BCUT2D eigenvalue weighted by atomic mass is 10.2. The van der Waals surface area contributed by atoms with Crippen LogP contribution in [-0.4, -0.2) is 63.1 Å². The van der Waals surface area contributed by atoms with Gasteiger partial charge in [-0.05, 0) is 44.9 Å². The highest BCUT2D eigenvalue weighted by Crippen LogP contribution is 2.29. The highest BCUT2D eigenvalue weighted by molar-refractivity contribution is 14.0. The van der Waals surface area contributed by atoms with Crippen molar-refractivity contribution in [2.24, 2.45) is 4.99 Å². The zero-order valence-corrected chi connectivity index (χ0v) is 21.2. The Hall–Kier alpha value is -1.23. The summed E-state index contributed by atoms with van der Waals surface area (Å²) in [7, 11) is -1.46. The number of sulfone groups is 1. The smallest absolute Gasteiger partial charge is 0.194 e. The molecule has 0 aromatic heterocycles. The lowest BCUT2D eigenvalue weighted by Gasteiger charge is -2.39. The van der Waals surface area contributed by atoms with Gasteiger partial charge in [0.1, 0.15) is 0 Å². The zero-order chi connectivity index (χ0) is 20.8. The van der Waals surface area contributed by atoms with E-state index in [1.54, 1.807) is 21.0 Å². The maximum absolute atomic E-state index is 12.3. The van der Waals surface area contributed by atoms with Crippen molar-refractivity contribution in [1.29, 1.82) is 0 Å². The third kappa shape index (κ3) is 6.63. The van der Waals surface area contributed by atoms with E-state index in [9.17, 15) is 8.42 Å². The van der Waals surface area contributed by atoms with Gasteiger partial charge in [0.15, 0.2) is 27.3 Å². The molecule has 0 saturated carbocycles. The Morgan fingerprint density at radius 3 is 2.59 bits per heavy atom. The van der Waals surface area contributed by atoms with E-state index in [0.717, 1.165) is 30.2 Å². The van der Waals surface area contributed by atoms with Crippen LogP contribution in [0.15, 0.2) is 23.2 Å². The normalized spacial score (nSPS) is 18.0. The molecule has 9 heteroatoms. The number of nitrogens with one attached hydrogen (secondary N) is 1. The monoisotopic (exact) mass is 539 g/mol. The summed E-state index contributed by atoms with van der Waals surface area (Å²) in [6, 6.07) is 5.82. The summed E-state index contributed by atoms with van der Waals surface area (Å²) in [4.78, 5) is 6.76. The third-order valence-electron chi connectivity index (χ3n) is 4.78. The van der Waals surface area contributed by atoms with Gasteiger partial charge < -0.3 is 19.7 Å². The molecule has 0 spiro atoms. The standard InChI is InChI=1S/C20H33N3O4S.HI/c1-6-11-27-17-9-8-16(13-18(17)26-5)14-22-19(21-7-2)23-10-12-28(24,25)20(3,4)15-23;/h8-9,13H,6-7,10-12,14-15H2,1-5H3,(H,21,22);1H. The number of aliphatic imine (C=N–C) groups is 1. The molecule has 1 aliphatic heterocycles. The van der Waals surface area contributed by atoms with Crippen molar-refractivity contribution < 1.29 is 17.9 Å². The molecule has 2 rings (SSSR count). The first kappa shape index (κ1) is 25.8. The minimum absolute atomic E-state index is 0. The van der Waals surface area contributed by atoms with Crippen molar-refractivity contribution in [3.8, 4) is 11.5 Å². The number of hydrogen-bond donors (Lipinski definition) is 1. The van der Waals surface area contributed by atoms with E-state index in [0.29, 0.717) is 32.0 Å². The molecule has 1 fully saturated rings. The van der Waals surface area contributed by atoms with E-state index in [1.807, 2.05) is 30.0 Å². The highest BCUT2D eigenvalue weighted by Gasteiger charge is 2.40. The summed E-state index contributed by atoms with van der Waals surface area (Å²) in [5, 5.41) is 3.28. The average molecular weight is 539 g/mol. The number of benzene rings is 1.